The third-order valence-electron chi connectivity index (χ3n) is 6.56. The van der Waals surface area contributed by atoms with Crippen LogP contribution >= 0.6 is 11.8 Å². The van der Waals surface area contributed by atoms with Crippen molar-refractivity contribution in [3.8, 4) is 17.1 Å². The first-order valence-corrected chi connectivity index (χ1v) is 14.3. The minimum absolute atomic E-state index is 0.0619. The molecule has 0 saturated heterocycles. The van der Waals surface area contributed by atoms with Crippen LogP contribution in [0.15, 0.2) is 120 Å². The van der Waals surface area contributed by atoms with Crippen LogP contribution < -0.4 is 5.32 Å². The van der Waals surface area contributed by atoms with E-state index in [4.69, 9.17) is 0 Å². The Morgan fingerprint density at radius 1 is 0.769 bits per heavy atom. The van der Waals surface area contributed by atoms with Crippen LogP contribution in [-0.4, -0.2) is 26.4 Å². The zero-order valence-corrected chi connectivity index (χ0v) is 22.9. The van der Waals surface area contributed by atoms with Gasteiger partial charge in [-0.2, -0.15) is 0 Å². The van der Waals surface area contributed by atoms with Gasteiger partial charge in [-0.3, -0.25) is 9.36 Å². The van der Waals surface area contributed by atoms with E-state index in [1.165, 1.54) is 5.56 Å². The average Bonchev–Trinajstić information content (AvgIpc) is 3.41. The van der Waals surface area contributed by atoms with Crippen molar-refractivity contribution >= 4 is 17.7 Å². The van der Waals surface area contributed by atoms with E-state index >= 15 is 0 Å². The van der Waals surface area contributed by atoms with Gasteiger partial charge in [0.25, 0.3) is 0 Å². The summed E-state index contributed by atoms with van der Waals surface area (Å²) in [5.74, 6) is 1.74. The summed E-state index contributed by atoms with van der Waals surface area (Å²) in [5.41, 5.74) is 5.44. The zero-order valence-electron chi connectivity index (χ0n) is 22.0. The predicted octanol–water partition coefficient (Wildman–Crippen LogP) is 7.41. The Labute approximate surface area is 234 Å². The van der Waals surface area contributed by atoms with Gasteiger partial charge in [-0.25, -0.2) is 0 Å². The highest BCUT2D eigenvalue weighted by Gasteiger charge is 2.18. The lowest BCUT2D eigenvalue weighted by Crippen LogP contribution is -2.29. The van der Waals surface area contributed by atoms with Crippen molar-refractivity contribution in [1.29, 1.82) is 0 Å². The second kappa shape index (κ2) is 13.1. The third kappa shape index (κ3) is 6.84. The average molecular weight is 533 g/mol. The van der Waals surface area contributed by atoms with Crippen LogP contribution in [-0.2, 0) is 4.79 Å². The number of hydrogen-bond acceptors (Lipinski definition) is 4. The van der Waals surface area contributed by atoms with E-state index in [-0.39, 0.29) is 11.9 Å². The molecule has 196 valence electrons. The summed E-state index contributed by atoms with van der Waals surface area (Å²) >= 11 is 1.68. The van der Waals surface area contributed by atoms with Gasteiger partial charge in [-0.15, -0.1) is 10.2 Å². The second-order valence-corrected chi connectivity index (χ2v) is 10.5. The van der Waals surface area contributed by atoms with Crippen LogP contribution in [0.3, 0.4) is 0 Å². The van der Waals surface area contributed by atoms with E-state index in [0.717, 1.165) is 52.0 Å². The minimum atomic E-state index is -0.154. The van der Waals surface area contributed by atoms with Gasteiger partial charge in [0.1, 0.15) is 0 Å². The number of thioether (sulfide) groups is 1. The summed E-state index contributed by atoms with van der Waals surface area (Å²) in [5, 5.41) is 13.2. The van der Waals surface area contributed by atoms with Gasteiger partial charge in [0.2, 0.25) is 5.91 Å². The molecule has 0 aliphatic rings. The molecule has 0 aliphatic carbocycles. The smallest absolute Gasteiger partial charge is 0.220 e. The van der Waals surface area contributed by atoms with Gasteiger partial charge in [-0.1, -0.05) is 120 Å². The lowest BCUT2D eigenvalue weighted by molar-refractivity contribution is -0.121. The quantitative estimate of drug-likeness (QED) is 0.142. The van der Waals surface area contributed by atoms with Crippen molar-refractivity contribution in [3.63, 3.8) is 0 Å². The molecule has 1 aromatic heterocycles. The lowest BCUT2D eigenvalue weighted by Gasteiger charge is -2.20. The van der Waals surface area contributed by atoms with Crippen molar-refractivity contribution in [2.24, 2.45) is 0 Å². The van der Waals surface area contributed by atoms with Gasteiger partial charge < -0.3 is 5.32 Å². The first-order chi connectivity index (χ1) is 19.2. The molecule has 5 rings (SSSR count). The van der Waals surface area contributed by atoms with E-state index in [1.807, 2.05) is 54.6 Å². The topological polar surface area (TPSA) is 59.8 Å². The van der Waals surface area contributed by atoms with Crippen LogP contribution in [0, 0.1) is 6.92 Å². The van der Waals surface area contributed by atoms with E-state index in [9.17, 15) is 4.79 Å². The molecule has 5 aromatic rings. The SMILES string of the molecule is Cc1ccc(-n2c(SCCCCC(=O)NC(c3ccccc3)c3ccccc3)nnc2-c2ccccc2)cc1. The fourth-order valence-corrected chi connectivity index (χ4v) is 5.45. The van der Waals surface area contributed by atoms with E-state index < -0.39 is 0 Å². The molecule has 1 N–H and O–H groups in total. The van der Waals surface area contributed by atoms with Gasteiger partial charge in [0.05, 0.1) is 6.04 Å². The molecule has 5 nitrogen and oxygen atoms in total. The van der Waals surface area contributed by atoms with Gasteiger partial charge >= 0.3 is 0 Å². The Bertz CT molecular complexity index is 1430. The summed E-state index contributed by atoms with van der Waals surface area (Å²) in [6, 6.07) is 38.7. The maximum absolute atomic E-state index is 12.9. The Hall–Kier alpha value is -4.16. The number of carbonyl (C=O) groups excluding carboxylic acids is 1. The second-order valence-electron chi connectivity index (χ2n) is 9.47. The van der Waals surface area contributed by atoms with Crippen molar-refractivity contribution in [1.82, 2.24) is 20.1 Å². The number of nitrogens with one attached hydrogen (secondary N) is 1. The molecule has 6 heteroatoms. The summed E-state index contributed by atoms with van der Waals surface area (Å²) in [7, 11) is 0. The van der Waals surface area contributed by atoms with E-state index in [2.05, 4.69) is 87.7 Å². The summed E-state index contributed by atoms with van der Waals surface area (Å²) in [6.07, 6.45) is 2.19. The number of amides is 1. The Kier molecular flexibility index (Phi) is 8.86. The number of carbonyl (C=O) groups is 1. The molecule has 39 heavy (non-hydrogen) atoms. The van der Waals surface area contributed by atoms with E-state index in [0.29, 0.717) is 6.42 Å². The first-order valence-electron chi connectivity index (χ1n) is 13.3. The monoisotopic (exact) mass is 532 g/mol. The van der Waals surface area contributed by atoms with Crippen molar-refractivity contribution in [2.75, 3.05) is 5.75 Å². The van der Waals surface area contributed by atoms with Crippen LogP contribution in [0.25, 0.3) is 17.1 Å². The van der Waals surface area contributed by atoms with Crippen LogP contribution in [0.1, 0.15) is 42.0 Å². The summed E-state index contributed by atoms with van der Waals surface area (Å²) < 4.78 is 2.12. The first kappa shape index (κ1) is 26.4. The molecule has 0 atom stereocenters. The van der Waals surface area contributed by atoms with Gasteiger partial charge in [-0.05, 0) is 43.0 Å². The highest BCUT2D eigenvalue weighted by Crippen LogP contribution is 2.29. The Morgan fingerprint density at radius 3 is 1.97 bits per heavy atom. The molecular weight excluding hydrogens is 500 g/mol. The fourth-order valence-electron chi connectivity index (χ4n) is 4.50. The molecule has 4 aromatic carbocycles. The number of aryl methyl sites for hydroxylation is 1. The van der Waals surface area contributed by atoms with Crippen molar-refractivity contribution in [3.05, 3.63) is 132 Å². The largest absolute Gasteiger partial charge is 0.345 e. The standard InChI is InChI=1S/C33H32N4OS/c1-25-20-22-29(23-21-25)37-32(28-17-9-4-10-18-28)35-36-33(37)39-24-12-11-19-30(38)34-31(26-13-5-2-6-14-26)27-15-7-3-8-16-27/h2-10,13-18,20-23,31H,11-12,19,24H2,1H3,(H,34,38). The number of rotatable bonds is 11. The number of nitrogens with zero attached hydrogens (tertiary/aromatic N) is 3. The van der Waals surface area contributed by atoms with Crippen LogP contribution in [0.2, 0.25) is 0 Å². The van der Waals surface area contributed by atoms with Crippen molar-refractivity contribution in [2.45, 2.75) is 37.4 Å². The number of benzene rings is 4. The molecule has 0 saturated carbocycles. The van der Waals surface area contributed by atoms with Crippen molar-refractivity contribution < 1.29 is 4.79 Å². The maximum atomic E-state index is 12.9. The highest BCUT2D eigenvalue weighted by molar-refractivity contribution is 7.99. The number of hydrogen-bond donors (Lipinski definition) is 1. The van der Waals surface area contributed by atoms with Gasteiger partial charge in [0, 0.05) is 23.4 Å². The number of aromatic nitrogens is 3. The molecule has 0 unspecified atom stereocenters. The Balaban J connectivity index is 1.20. The third-order valence-corrected chi connectivity index (χ3v) is 7.57. The lowest BCUT2D eigenvalue weighted by atomic mass is 9.98. The zero-order chi connectivity index (χ0) is 26.9. The van der Waals surface area contributed by atoms with Crippen LogP contribution in [0.5, 0.6) is 0 Å². The predicted molar refractivity (Wildman–Crippen MR) is 159 cm³/mol. The molecule has 0 radical (unpaired) electrons. The fraction of sp³-hybridized carbons (Fsp3) is 0.182. The molecule has 1 heterocycles. The molecule has 1 amide bonds. The highest BCUT2D eigenvalue weighted by atomic mass is 32.2. The Morgan fingerprint density at radius 2 is 1.36 bits per heavy atom. The normalized spacial score (nSPS) is 11.0. The minimum Gasteiger partial charge on any atom is -0.345 e. The molecular formula is C33H32N4OS. The molecule has 0 fully saturated rings. The van der Waals surface area contributed by atoms with Crippen LogP contribution in [0.4, 0.5) is 0 Å². The summed E-state index contributed by atoms with van der Waals surface area (Å²) in [4.78, 5) is 12.9. The maximum Gasteiger partial charge on any atom is 0.220 e. The summed E-state index contributed by atoms with van der Waals surface area (Å²) in [6.45, 7) is 2.09. The molecule has 0 spiro atoms. The van der Waals surface area contributed by atoms with E-state index in [1.54, 1.807) is 11.8 Å². The molecule has 0 aliphatic heterocycles. The van der Waals surface area contributed by atoms with Gasteiger partial charge in [0.15, 0.2) is 11.0 Å². The molecule has 0 bridgehead atoms. The number of unbranched alkanes of at least 4 members (excludes halogenated alkanes) is 1.